The minimum Gasteiger partial charge on any atom is -0.478 e. The van der Waals surface area contributed by atoms with Gasteiger partial charge in [-0.1, -0.05) is 6.07 Å². The Bertz CT molecular complexity index is 647. The molecule has 2 aromatic rings. The van der Waals surface area contributed by atoms with Gasteiger partial charge in [-0.05, 0) is 46.6 Å². The Balaban J connectivity index is 2.37. The molecule has 4 nitrogen and oxygen atoms in total. The maximum Gasteiger partial charge on any atom is 0.339 e. The van der Waals surface area contributed by atoms with Gasteiger partial charge >= 0.3 is 5.97 Å². The van der Waals surface area contributed by atoms with Crippen LogP contribution in [0.25, 0.3) is 0 Å². The van der Waals surface area contributed by atoms with Crippen LogP contribution >= 0.6 is 15.9 Å². The Kier molecular flexibility index (Phi) is 3.80. The second-order valence-corrected chi connectivity index (χ2v) is 4.86. The highest BCUT2D eigenvalue weighted by molar-refractivity contribution is 9.10. The second kappa shape index (κ2) is 5.36. The summed E-state index contributed by atoms with van der Waals surface area (Å²) < 4.78 is 14.0. The third-order valence-electron chi connectivity index (χ3n) is 2.52. The van der Waals surface area contributed by atoms with Crippen molar-refractivity contribution >= 4 is 33.4 Å². The van der Waals surface area contributed by atoms with Gasteiger partial charge in [0.05, 0.1) is 0 Å². The lowest BCUT2D eigenvalue weighted by Gasteiger charge is -2.09. The zero-order valence-corrected chi connectivity index (χ0v) is 11.5. The van der Waals surface area contributed by atoms with Gasteiger partial charge in [0.2, 0.25) is 0 Å². The fourth-order valence-electron chi connectivity index (χ4n) is 1.51. The van der Waals surface area contributed by atoms with Crippen LogP contribution in [-0.2, 0) is 0 Å². The van der Waals surface area contributed by atoms with Crippen LogP contribution in [-0.4, -0.2) is 16.1 Å². The number of halogens is 2. The molecule has 1 heterocycles. The van der Waals surface area contributed by atoms with Gasteiger partial charge < -0.3 is 10.4 Å². The van der Waals surface area contributed by atoms with Crippen molar-refractivity contribution in [1.29, 1.82) is 0 Å². The first-order valence-electron chi connectivity index (χ1n) is 5.39. The number of carboxylic acid groups (broad SMARTS) is 1. The summed E-state index contributed by atoms with van der Waals surface area (Å²) >= 11 is 3.16. The molecular formula is C13H10BrFN2O2. The van der Waals surface area contributed by atoms with Gasteiger partial charge in [-0.25, -0.2) is 14.2 Å². The molecular weight excluding hydrogens is 315 g/mol. The number of nitrogens with zero attached hydrogens (tertiary/aromatic N) is 1. The monoisotopic (exact) mass is 324 g/mol. The van der Waals surface area contributed by atoms with Crippen LogP contribution in [0.15, 0.2) is 34.9 Å². The van der Waals surface area contributed by atoms with E-state index in [-0.39, 0.29) is 17.2 Å². The Morgan fingerprint density at radius 1 is 1.42 bits per heavy atom. The average Bonchev–Trinajstić information content (AvgIpc) is 2.36. The predicted octanol–water partition coefficient (Wildman–Crippen LogP) is 3.73. The first kappa shape index (κ1) is 13.5. The van der Waals surface area contributed by atoms with Crippen molar-refractivity contribution in [3.05, 3.63) is 51.9 Å². The van der Waals surface area contributed by atoms with E-state index in [2.05, 4.69) is 26.2 Å². The average molecular weight is 325 g/mol. The molecule has 0 fully saturated rings. The number of aromatic nitrogens is 1. The van der Waals surface area contributed by atoms with Crippen LogP contribution in [0.5, 0.6) is 0 Å². The lowest BCUT2D eigenvalue weighted by molar-refractivity contribution is 0.0697. The van der Waals surface area contributed by atoms with Gasteiger partial charge in [0.25, 0.3) is 0 Å². The lowest BCUT2D eigenvalue weighted by Crippen LogP contribution is -2.05. The number of aromatic carboxylic acids is 1. The van der Waals surface area contributed by atoms with Gasteiger partial charge in [-0.3, -0.25) is 0 Å². The van der Waals surface area contributed by atoms with Crippen LogP contribution in [0.3, 0.4) is 0 Å². The van der Waals surface area contributed by atoms with Crippen molar-refractivity contribution in [3.63, 3.8) is 0 Å². The lowest BCUT2D eigenvalue weighted by atomic mass is 10.2. The third kappa shape index (κ3) is 3.08. The van der Waals surface area contributed by atoms with Crippen molar-refractivity contribution in [2.75, 3.05) is 5.32 Å². The van der Waals surface area contributed by atoms with Gasteiger partial charge in [0.1, 0.15) is 17.2 Å². The summed E-state index contributed by atoms with van der Waals surface area (Å²) in [5.41, 5.74) is 0.976. The Morgan fingerprint density at radius 3 is 2.79 bits per heavy atom. The van der Waals surface area contributed by atoms with Crippen molar-refractivity contribution in [2.45, 2.75) is 6.92 Å². The van der Waals surface area contributed by atoms with E-state index >= 15 is 0 Å². The van der Waals surface area contributed by atoms with Crippen LogP contribution < -0.4 is 5.32 Å². The number of pyridine rings is 1. The summed E-state index contributed by atoms with van der Waals surface area (Å²) in [6, 6.07) is 6.00. The molecule has 6 heteroatoms. The molecule has 1 aromatic heterocycles. The molecule has 1 aromatic carbocycles. The highest BCUT2D eigenvalue weighted by atomic mass is 79.9. The predicted molar refractivity (Wildman–Crippen MR) is 73.3 cm³/mol. The van der Waals surface area contributed by atoms with E-state index in [1.54, 1.807) is 19.1 Å². The Morgan fingerprint density at radius 2 is 2.16 bits per heavy atom. The molecule has 0 saturated heterocycles. The SMILES string of the molecule is Cc1ccc(Nc2ncc(Br)cc2C(=O)O)cc1F. The molecule has 0 bridgehead atoms. The van der Waals surface area contributed by atoms with E-state index in [4.69, 9.17) is 5.11 Å². The molecule has 0 atom stereocenters. The normalized spacial score (nSPS) is 10.3. The molecule has 0 radical (unpaired) electrons. The van der Waals surface area contributed by atoms with Crippen LogP contribution in [0, 0.1) is 12.7 Å². The number of carboxylic acids is 1. The van der Waals surface area contributed by atoms with Gasteiger partial charge in [-0.2, -0.15) is 0 Å². The molecule has 0 unspecified atom stereocenters. The van der Waals surface area contributed by atoms with E-state index in [1.807, 2.05) is 0 Å². The summed E-state index contributed by atoms with van der Waals surface area (Å²) in [4.78, 5) is 15.1. The Hall–Kier alpha value is -1.95. The zero-order chi connectivity index (χ0) is 14.0. The van der Waals surface area contributed by atoms with E-state index in [9.17, 15) is 9.18 Å². The molecule has 0 spiro atoms. The van der Waals surface area contributed by atoms with Crippen molar-refractivity contribution < 1.29 is 14.3 Å². The van der Waals surface area contributed by atoms with Crippen LogP contribution in [0.1, 0.15) is 15.9 Å². The van der Waals surface area contributed by atoms with Gasteiger partial charge in [0.15, 0.2) is 0 Å². The van der Waals surface area contributed by atoms with Crippen LogP contribution in [0.2, 0.25) is 0 Å². The molecule has 0 aliphatic rings. The van der Waals surface area contributed by atoms with E-state index in [0.717, 1.165) is 0 Å². The number of aryl methyl sites for hydroxylation is 1. The highest BCUT2D eigenvalue weighted by Gasteiger charge is 2.12. The molecule has 0 saturated carbocycles. The molecule has 19 heavy (non-hydrogen) atoms. The zero-order valence-electron chi connectivity index (χ0n) is 9.95. The highest BCUT2D eigenvalue weighted by Crippen LogP contribution is 2.23. The third-order valence-corrected chi connectivity index (χ3v) is 2.95. The molecule has 0 aliphatic carbocycles. The smallest absolute Gasteiger partial charge is 0.339 e. The summed E-state index contributed by atoms with van der Waals surface area (Å²) in [7, 11) is 0. The largest absolute Gasteiger partial charge is 0.478 e. The number of anilines is 2. The number of benzene rings is 1. The first-order chi connectivity index (χ1) is 8.97. The van der Waals surface area contributed by atoms with E-state index < -0.39 is 5.97 Å². The van der Waals surface area contributed by atoms with Crippen molar-refractivity contribution in [1.82, 2.24) is 4.98 Å². The Labute approximate surface area is 117 Å². The fourth-order valence-corrected chi connectivity index (χ4v) is 1.84. The maximum atomic E-state index is 13.4. The van der Waals surface area contributed by atoms with E-state index in [1.165, 1.54) is 18.3 Å². The number of rotatable bonds is 3. The second-order valence-electron chi connectivity index (χ2n) is 3.94. The van der Waals surface area contributed by atoms with Crippen molar-refractivity contribution in [2.24, 2.45) is 0 Å². The van der Waals surface area contributed by atoms with E-state index in [0.29, 0.717) is 15.7 Å². The molecule has 0 amide bonds. The fraction of sp³-hybridized carbons (Fsp3) is 0.0769. The molecule has 2 N–H and O–H groups in total. The minimum absolute atomic E-state index is 0.00959. The first-order valence-corrected chi connectivity index (χ1v) is 6.18. The minimum atomic E-state index is -1.11. The number of carbonyl (C=O) groups is 1. The summed E-state index contributed by atoms with van der Waals surface area (Å²) in [6.07, 6.45) is 1.47. The topological polar surface area (TPSA) is 62.2 Å². The summed E-state index contributed by atoms with van der Waals surface area (Å²) in [5, 5.41) is 11.9. The standard InChI is InChI=1S/C13H10BrFN2O2/c1-7-2-3-9(5-11(7)15)17-12-10(13(18)19)4-8(14)6-16-12/h2-6H,1H3,(H,16,17)(H,18,19). The molecule has 98 valence electrons. The number of hydrogen-bond acceptors (Lipinski definition) is 3. The van der Waals surface area contributed by atoms with Gasteiger partial charge in [0, 0.05) is 16.4 Å². The number of nitrogens with one attached hydrogen (secondary N) is 1. The quantitative estimate of drug-likeness (QED) is 0.902. The van der Waals surface area contributed by atoms with Gasteiger partial charge in [-0.15, -0.1) is 0 Å². The number of hydrogen-bond donors (Lipinski definition) is 2. The molecule has 0 aliphatic heterocycles. The van der Waals surface area contributed by atoms with Crippen LogP contribution in [0.4, 0.5) is 15.9 Å². The summed E-state index contributed by atoms with van der Waals surface area (Å²) in [6.45, 7) is 1.65. The molecule has 2 rings (SSSR count). The maximum absolute atomic E-state index is 13.4. The van der Waals surface area contributed by atoms with Crippen molar-refractivity contribution in [3.8, 4) is 0 Å². The summed E-state index contributed by atoms with van der Waals surface area (Å²) in [5.74, 6) is -1.30.